The summed E-state index contributed by atoms with van der Waals surface area (Å²) in [6.07, 6.45) is 0. The first-order valence-electron chi connectivity index (χ1n) is 8.20. The van der Waals surface area contributed by atoms with Crippen LogP contribution in [-0.4, -0.2) is 24.9 Å². The van der Waals surface area contributed by atoms with Crippen molar-refractivity contribution in [1.82, 2.24) is 10.6 Å². The van der Waals surface area contributed by atoms with Crippen LogP contribution in [0.2, 0.25) is 0 Å². The first kappa shape index (κ1) is 18.6. The Morgan fingerprint density at radius 3 is 2.00 bits per heavy atom. The minimum Gasteiger partial charge on any atom is -0.350 e. The molecule has 0 atom stereocenters. The third-order valence-electron chi connectivity index (χ3n) is 3.83. The average molecular weight is 342 g/mol. The molecule has 0 saturated carbocycles. The molecule has 0 bridgehead atoms. The van der Waals surface area contributed by atoms with Crippen molar-refractivity contribution < 1.29 is 14.0 Å². The van der Waals surface area contributed by atoms with E-state index in [4.69, 9.17) is 0 Å². The molecule has 2 aromatic rings. The van der Waals surface area contributed by atoms with Gasteiger partial charge in [-0.25, -0.2) is 4.39 Å². The number of benzene rings is 2. The first-order chi connectivity index (χ1) is 11.8. The van der Waals surface area contributed by atoms with Gasteiger partial charge in [0, 0.05) is 18.7 Å². The van der Waals surface area contributed by atoms with Gasteiger partial charge in [0.15, 0.2) is 0 Å². The van der Waals surface area contributed by atoms with Gasteiger partial charge in [-0.2, -0.15) is 0 Å². The van der Waals surface area contributed by atoms with Crippen LogP contribution in [0.25, 0.3) is 0 Å². The summed E-state index contributed by atoms with van der Waals surface area (Å²) in [6, 6.07) is 13.2. The quantitative estimate of drug-likeness (QED) is 0.819. The van der Waals surface area contributed by atoms with Gasteiger partial charge in [0.1, 0.15) is 5.82 Å². The van der Waals surface area contributed by atoms with Gasteiger partial charge < -0.3 is 10.6 Å². The van der Waals surface area contributed by atoms with E-state index in [0.717, 1.165) is 5.56 Å². The van der Waals surface area contributed by atoms with Crippen LogP contribution in [0, 0.1) is 5.82 Å². The predicted molar refractivity (Wildman–Crippen MR) is 96.2 cm³/mol. The van der Waals surface area contributed by atoms with E-state index < -0.39 is 11.7 Å². The van der Waals surface area contributed by atoms with E-state index in [9.17, 15) is 14.0 Å². The monoisotopic (exact) mass is 342 g/mol. The SMILES string of the molecule is CC(C)(C)c1ccc(C(=O)NCCNC(=O)c2ccccc2F)cc1. The van der Waals surface area contributed by atoms with E-state index in [-0.39, 0.29) is 30.0 Å². The van der Waals surface area contributed by atoms with Gasteiger partial charge in [0.2, 0.25) is 0 Å². The lowest BCUT2D eigenvalue weighted by molar-refractivity contribution is 0.0925. The first-order valence-corrected chi connectivity index (χ1v) is 8.20. The standard InChI is InChI=1S/C20H23FN2O2/c1-20(2,3)15-10-8-14(9-11-15)18(24)22-12-13-23-19(25)16-6-4-5-7-17(16)21/h4-11H,12-13H2,1-3H3,(H,22,24)(H,23,25). The van der Waals surface area contributed by atoms with Gasteiger partial charge in [-0.05, 0) is 35.2 Å². The minimum absolute atomic E-state index is 0.00778. The Morgan fingerprint density at radius 2 is 1.44 bits per heavy atom. The molecule has 2 aromatic carbocycles. The van der Waals surface area contributed by atoms with Crippen molar-refractivity contribution in [2.75, 3.05) is 13.1 Å². The van der Waals surface area contributed by atoms with Crippen molar-refractivity contribution in [1.29, 1.82) is 0 Å². The van der Waals surface area contributed by atoms with Crippen LogP contribution in [0.4, 0.5) is 4.39 Å². The van der Waals surface area contributed by atoms with Crippen LogP contribution in [0.3, 0.4) is 0 Å². The Labute approximate surface area is 147 Å². The summed E-state index contributed by atoms with van der Waals surface area (Å²) in [6.45, 7) is 6.82. The lowest BCUT2D eigenvalue weighted by Gasteiger charge is -2.19. The molecule has 0 radical (unpaired) electrons. The van der Waals surface area contributed by atoms with E-state index >= 15 is 0 Å². The highest BCUT2D eigenvalue weighted by molar-refractivity contribution is 5.95. The lowest BCUT2D eigenvalue weighted by atomic mass is 9.87. The molecule has 4 nitrogen and oxygen atoms in total. The normalized spacial score (nSPS) is 11.0. The fraction of sp³-hybridized carbons (Fsp3) is 0.300. The van der Waals surface area contributed by atoms with Crippen molar-refractivity contribution in [3.63, 3.8) is 0 Å². The van der Waals surface area contributed by atoms with Crippen molar-refractivity contribution in [2.45, 2.75) is 26.2 Å². The molecule has 0 unspecified atom stereocenters. The highest BCUT2D eigenvalue weighted by Gasteiger charge is 2.14. The van der Waals surface area contributed by atoms with Gasteiger partial charge in [-0.1, -0.05) is 45.0 Å². The molecule has 0 aromatic heterocycles. The van der Waals surface area contributed by atoms with Crippen molar-refractivity contribution in [3.8, 4) is 0 Å². The van der Waals surface area contributed by atoms with Crippen LogP contribution in [0.5, 0.6) is 0 Å². The molecular formula is C20H23FN2O2. The fourth-order valence-electron chi connectivity index (χ4n) is 2.32. The molecule has 0 aliphatic carbocycles. The third kappa shape index (κ3) is 5.14. The van der Waals surface area contributed by atoms with Gasteiger partial charge in [0.05, 0.1) is 5.56 Å². The lowest BCUT2D eigenvalue weighted by Crippen LogP contribution is -2.35. The predicted octanol–water partition coefficient (Wildman–Crippen LogP) is 3.28. The molecule has 25 heavy (non-hydrogen) atoms. The maximum Gasteiger partial charge on any atom is 0.254 e. The summed E-state index contributed by atoms with van der Waals surface area (Å²) in [5.41, 5.74) is 1.74. The van der Waals surface area contributed by atoms with Crippen LogP contribution >= 0.6 is 0 Å². The average Bonchev–Trinajstić information content (AvgIpc) is 2.58. The van der Waals surface area contributed by atoms with Crippen LogP contribution in [-0.2, 0) is 5.41 Å². The summed E-state index contributed by atoms with van der Waals surface area (Å²) in [7, 11) is 0. The summed E-state index contributed by atoms with van der Waals surface area (Å²) >= 11 is 0. The van der Waals surface area contributed by atoms with Gasteiger partial charge in [-0.15, -0.1) is 0 Å². The molecule has 0 fully saturated rings. The van der Waals surface area contributed by atoms with E-state index in [1.54, 1.807) is 18.2 Å². The maximum atomic E-state index is 13.5. The molecule has 2 rings (SSSR count). The second kappa shape index (κ2) is 7.92. The molecule has 2 amide bonds. The zero-order valence-corrected chi connectivity index (χ0v) is 14.7. The van der Waals surface area contributed by atoms with E-state index in [1.165, 1.54) is 18.2 Å². The zero-order valence-electron chi connectivity index (χ0n) is 14.7. The Hall–Kier alpha value is -2.69. The Bertz CT molecular complexity index is 749. The fourth-order valence-corrected chi connectivity index (χ4v) is 2.32. The largest absolute Gasteiger partial charge is 0.350 e. The number of hydrogen-bond acceptors (Lipinski definition) is 2. The molecule has 0 aliphatic heterocycles. The molecule has 2 N–H and O–H groups in total. The van der Waals surface area contributed by atoms with E-state index in [2.05, 4.69) is 31.4 Å². The van der Waals surface area contributed by atoms with Crippen molar-refractivity contribution >= 4 is 11.8 Å². The summed E-state index contributed by atoms with van der Waals surface area (Å²) in [4.78, 5) is 23.9. The van der Waals surface area contributed by atoms with Gasteiger partial charge in [0.25, 0.3) is 11.8 Å². The Kier molecular flexibility index (Phi) is 5.91. The van der Waals surface area contributed by atoms with Crippen LogP contribution in [0.15, 0.2) is 48.5 Å². The Morgan fingerprint density at radius 1 is 0.880 bits per heavy atom. The van der Waals surface area contributed by atoms with Crippen LogP contribution < -0.4 is 10.6 Å². The molecule has 0 saturated heterocycles. The minimum atomic E-state index is -0.567. The second-order valence-corrected chi connectivity index (χ2v) is 6.82. The van der Waals surface area contributed by atoms with Gasteiger partial charge in [-0.3, -0.25) is 9.59 Å². The van der Waals surface area contributed by atoms with Crippen molar-refractivity contribution in [3.05, 3.63) is 71.0 Å². The molecule has 0 spiro atoms. The molecule has 132 valence electrons. The molecule has 0 heterocycles. The van der Waals surface area contributed by atoms with Crippen molar-refractivity contribution in [2.24, 2.45) is 0 Å². The number of rotatable bonds is 5. The number of carbonyl (C=O) groups is 2. The zero-order chi connectivity index (χ0) is 18.4. The third-order valence-corrected chi connectivity index (χ3v) is 3.83. The smallest absolute Gasteiger partial charge is 0.254 e. The number of hydrogen-bond donors (Lipinski definition) is 2. The van der Waals surface area contributed by atoms with Gasteiger partial charge >= 0.3 is 0 Å². The van der Waals surface area contributed by atoms with Crippen LogP contribution in [0.1, 0.15) is 47.1 Å². The summed E-state index contributed by atoms with van der Waals surface area (Å²) < 4.78 is 13.5. The summed E-state index contributed by atoms with van der Waals surface area (Å²) in [5.74, 6) is -1.27. The Balaban J connectivity index is 1.81. The topological polar surface area (TPSA) is 58.2 Å². The second-order valence-electron chi connectivity index (χ2n) is 6.82. The highest BCUT2D eigenvalue weighted by atomic mass is 19.1. The van der Waals surface area contributed by atoms with E-state index in [0.29, 0.717) is 5.56 Å². The van der Waals surface area contributed by atoms with E-state index in [1.807, 2.05) is 12.1 Å². The molecular weight excluding hydrogens is 319 g/mol. The number of carbonyl (C=O) groups excluding carboxylic acids is 2. The number of nitrogens with one attached hydrogen (secondary N) is 2. The number of halogens is 1. The highest BCUT2D eigenvalue weighted by Crippen LogP contribution is 2.22. The molecule has 0 aliphatic rings. The number of amides is 2. The summed E-state index contributed by atoms with van der Waals surface area (Å²) in [5, 5.41) is 5.31. The maximum absolute atomic E-state index is 13.5. The molecule has 5 heteroatoms.